The first-order chi connectivity index (χ1) is 17.8. The number of Topliss-reactive ketones (excluding diaryl/α,β-unsaturated/α-hetero) is 1. The number of aromatic nitrogens is 2. The summed E-state index contributed by atoms with van der Waals surface area (Å²) in [7, 11) is 0. The van der Waals surface area contributed by atoms with Crippen molar-refractivity contribution in [2.75, 3.05) is 4.90 Å². The normalized spacial score (nSPS) is 15.5. The van der Waals surface area contributed by atoms with Crippen LogP contribution in [-0.4, -0.2) is 27.0 Å². The number of ketones is 1. The standard InChI is InChI=1S/C31H27N3O3/c1-19(2)21-10-16-25(17-11-21)29(35)27-28(24-14-12-23(13-15-24)22-7-5-4-6-8-22)34(31(37)30(27)36)26-18-9-20(3)32-33-26/h4-19,28,36H,1-3H3. The Labute approximate surface area is 215 Å². The van der Waals surface area contributed by atoms with E-state index in [-0.39, 0.29) is 11.4 Å². The van der Waals surface area contributed by atoms with Crippen LogP contribution in [0.1, 0.15) is 53.0 Å². The van der Waals surface area contributed by atoms with Crippen molar-refractivity contribution in [1.82, 2.24) is 10.2 Å². The first-order valence-corrected chi connectivity index (χ1v) is 12.2. The highest BCUT2D eigenvalue weighted by atomic mass is 16.3. The van der Waals surface area contributed by atoms with Crippen molar-refractivity contribution in [2.24, 2.45) is 0 Å². The monoisotopic (exact) mass is 489 g/mol. The Morgan fingerprint density at radius 2 is 1.49 bits per heavy atom. The lowest BCUT2D eigenvalue weighted by Crippen LogP contribution is -2.32. The van der Waals surface area contributed by atoms with Gasteiger partial charge in [0, 0.05) is 5.56 Å². The van der Waals surface area contributed by atoms with E-state index in [0.717, 1.165) is 16.7 Å². The molecule has 3 aromatic carbocycles. The molecule has 37 heavy (non-hydrogen) atoms. The first-order valence-electron chi connectivity index (χ1n) is 12.2. The number of aliphatic hydroxyl groups excluding tert-OH is 1. The number of hydrogen-bond donors (Lipinski definition) is 1. The number of carbonyl (C=O) groups excluding carboxylic acids is 2. The summed E-state index contributed by atoms with van der Waals surface area (Å²) in [5.74, 6) is -1.08. The van der Waals surface area contributed by atoms with Gasteiger partial charge in [0.05, 0.1) is 17.3 Å². The zero-order valence-corrected chi connectivity index (χ0v) is 20.9. The molecule has 0 radical (unpaired) electrons. The third kappa shape index (κ3) is 4.54. The average molecular weight is 490 g/mol. The SMILES string of the molecule is Cc1ccc(N2C(=O)C(O)=C(C(=O)c3ccc(C(C)C)cc3)C2c2ccc(-c3ccccc3)cc2)nn1. The maximum atomic E-state index is 13.8. The number of hydrogen-bond acceptors (Lipinski definition) is 5. The Balaban J connectivity index is 1.60. The molecule has 0 aliphatic carbocycles. The third-order valence-electron chi connectivity index (χ3n) is 6.66. The summed E-state index contributed by atoms with van der Waals surface area (Å²) in [5, 5.41) is 19.3. The van der Waals surface area contributed by atoms with Gasteiger partial charge in [-0.05, 0) is 47.2 Å². The molecule has 184 valence electrons. The number of nitrogens with zero attached hydrogens (tertiary/aromatic N) is 3. The van der Waals surface area contributed by atoms with E-state index in [1.807, 2.05) is 66.7 Å². The van der Waals surface area contributed by atoms with Crippen molar-refractivity contribution in [1.29, 1.82) is 0 Å². The number of aryl methyl sites for hydroxylation is 1. The van der Waals surface area contributed by atoms with Gasteiger partial charge < -0.3 is 5.11 Å². The van der Waals surface area contributed by atoms with Gasteiger partial charge in [-0.25, -0.2) is 0 Å². The number of benzene rings is 3. The molecule has 0 spiro atoms. The minimum atomic E-state index is -0.855. The van der Waals surface area contributed by atoms with Gasteiger partial charge in [-0.3, -0.25) is 14.5 Å². The summed E-state index contributed by atoms with van der Waals surface area (Å²) in [6.45, 7) is 5.96. The fourth-order valence-electron chi connectivity index (χ4n) is 4.57. The maximum absolute atomic E-state index is 13.8. The van der Waals surface area contributed by atoms with Crippen molar-refractivity contribution in [3.8, 4) is 11.1 Å². The van der Waals surface area contributed by atoms with Crippen molar-refractivity contribution in [2.45, 2.75) is 32.7 Å². The molecule has 1 aromatic heterocycles. The number of anilines is 1. The predicted octanol–water partition coefficient (Wildman–Crippen LogP) is 6.36. The van der Waals surface area contributed by atoms with Crippen molar-refractivity contribution >= 4 is 17.5 Å². The number of amides is 1. The molecule has 2 heterocycles. The minimum Gasteiger partial charge on any atom is -0.503 e. The van der Waals surface area contributed by atoms with Crippen LogP contribution in [-0.2, 0) is 4.79 Å². The largest absolute Gasteiger partial charge is 0.503 e. The summed E-state index contributed by atoms with van der Waals surface area (Å²) >= 11 is 0. The second-order valence-corrected chi connectivity index (χ2v) is 9.47. The third-order valence-corrected chi connectivity index (χ3v) is 6.66. The van der Waals surface area contributed by atoms with Crippen LogP contribution in [0.2, 0.25) is 0 Å². The van der Waals surface area contributed by atoms with Gasteiger partial charge in [-0.1, -0.05) is 92.7 Å². The fourth-order valence-corrected chi connectivity index (χ4v) is 4.57. The minimum absolute atomic E-state index is 0.0251. The highest BCUT2D eigenvalue weighted by molar-refractivity contribution is 6.20. The lowest BCUT2D eigenvalue weighted by atomic mass is 9.91. The molecule has 0 saturated carbocycles. The molecule has 4 aromatic rings. The van der Waals surface area contributed by atoms with Crippen LogP contribution in [0, 0.1) is 6.92 Å². The summed E-state index contributed by atoms with van der Waals surface area (Å²) < 4.78 is 0. The lowest BCUT2D eigenvalue weighted by Gasteiger charge is -2.26. The average Bonchev–Trinajstić information content (AvgIpc) is 3.19. The molecule has 5 rings (SSSR count). The van der Waals surface area contributed by atoms with Gasteiger partial charge in [-0.2, -0.15) is 5.10 Å². The molecule has 0 fully saturated rings. The second-order valence-electron chi connectivity index (χ2n) is 9.47. The Bertz CT molecular complexity index is 1470. The molecule has 0 saturated heterocycles. The van der Waals surface area contributed by atoms with Gasteiger partial charge in [0.2, 0.25) is 0 Å². The molecule has 6 nitrogen and oxygen atoms in total. The predicted molar refractivity (Wildman–Crippen MR) is 143 cm³/mol. The van der Waals surface area contributed by atoms with E-state index < -0.39 is 23.5 Å². The molecule has 1 N–H and O–H groups in total. The number of carbonyl (C=O) groups is 2. The van der Waals surface area contributed by atoms with Crippen LogP contribution in [0.4, 0.5) is 5.82 Å². The Morgan fingerprint density at radius 1 is 0.838 bits per heavy atom. The topological polar surface area (TPSA) is 83.4 Å². The van der Waals surface area contributed by atoms with Crippen LogP contribution >= 0.6 is 0 Å². The first kappa shape index (κ1) is 24.1. The van der Waals surface area contributed by atoms with E-state index in [4.69, 9.17) is 0 Å². The fraction of sp³-hybridized carbons (Fsp3) is 0.161. The molecule has 6 heteroatoms. The summed E-state index contributed by atoms with van der Waals surface area (Å²) in [6.07, 6.45) is 0. The lowest BCUT2D eigenvalue weighted by molar-refractivity contribution is -0.117. The van der Waals surface area contributed by atoms with E-state index >= 15 is 0 Å². The Morgan fingerprint density at radius 3 is 2.08 bits per heavy atom. The Hall–Kier alpha value is -4.58. The van der Waals surface area contributed by atoms with Gasteiger partial charge in [0.1, 0.15) is 0 Å². The molecule has 1 amide bonds. The summed E-state index contributed by atoms with van der Waals surface area (Å²) in [6, 6.07) is 27.4. The smallest absolute Gasteiger partial charge is 0.295 e. The quantitative estimate of drug-likeness (QED) is 0.319. The zero-order valence-electron chi connectivity index (χ0n) is 20.9. The zero-order chi connectivity index (χ0) is 26.1. The van der Waals surface area contributed by atoms with Crippen molar-refractivity contribution in [3.63, 3.8) is 0 Å². The van der Waals surface area contributed by atoms with Crippen molar-refractivity contribution in [3.05, 3.63) is 125 Å². The molecule has 1 atom stereocenters. The van der Waals surface area contributed by atoms with Crippen LogP contribution in [0.5, 0.6) is 0 Å². The van der Waals surface area contributed by atoms with E-state index in [1.54, 1.807) is 31.2 Å². The van der Waals surface area contributed by atoms with Gasteiger partial charge >= 0.3 is 0 Å². The van der Waals surface area contributed by atoms with Crippen molar-refractivity contribution < 1.29 is 14.7 Å². The number of rotatable bonds is 6. The van der Waals surface area contributed by atoms with Crippen LogP contribution in [0.3, 0.4) is 0 Å². The highest BCUT2D eigenvalue weighted by Gasteiger charge is 2.45. The molecule has 1 aliphatic rings. The van der Waals surface area contributed by atoms with Gasteiger partial charge in [0.15, 0.2) is 17.4 Å². The molecular weight excluding hydrogens is 462 g/mol. The van der Waals surface area contributed by atoms with Crippen LogP contribution in [0.15, 0.2) is 102 Å². The van der Waals surface area contributed by atoms with Gasteiger partial charge in [-0.15, -0.1) is 5.10 Å². The highest BCUT2D eigenvalue weighted by Crippen LogP contribution is 2.41. The Kier molecular flexibility index (Phi) is 6.40. The number of aliphatic hydroxyl groups is 1. The molecule has 1 aliphatic heterocycles. The van der Waals surface area contributed by atoms with Gasteiger partial charge in [0.25, 0.3) is 5.91 Å². The van der Waals surface area contributed by atoms with Crippen LogP contribution in [0.25, 0.3) is 11.1 Å². The van der Waals surface area contributed by atoms with E-state index in [0.29, 0.717) is 22.7 Å². The van der Waals surface area contributed by atoms with Crippen LogP contribution < -0.4 is 4.90 Å². The summed E-state index contributed by atoms with van der Waals surface area (Å²) in [4.78, 5) is 28.4. The molecule has 1 unspecified atom stereocenters. The summed E-state index contributed by atoms with van der Waals surface area (Å²) in [5.41, 5.74) is 4.96. The van der Waals surface area contributed by atoms with E-state index in [9.17, 15) is 14.7 Å². The van der Waals surface area contributed by atoms with E-state index in [2.05, 4.69) is 24.0 Å². The maximum Gasteiger partial charge on any atom is 0.295 e. The molecular formula is C31H27N3O3. The van der Waals surface area contributed by atoms with E-state index in [1.165, 1.54) is 4.90 Å². The molecule has 0 bridgehead atoms. The second kappa shape index (κ2) is 9.82.